The lowest BCUT2D eigenvalue weighted by Crippen LogP contribution is -2.19. The molecule has 0 radical (unpaired) electrons. The van der Waals surface area contributed by atoms with Gasteiger partial charge in [-0.15, -0.1) is 0 Å². The summed E-state index contributed by atoms with van der Waals surface area (Å²) in [7, 11) is 0. The summed E-state index contributed by atoms with van der Waals surface area (Å²) in [5.41, 5.74) is 1.97. The van der Waals surface area contributed by atoms with Crippen molar-refractivity contribution in [1.82, 2.24) is 0 Å². The Hall–Kier alpha value is -0.120. The molecule has 0 saturated carbocycles. The quantitative estimate of drug-likeness (QED) is 0.235. The molecule has 0 bridgehead atoms. The van der Waals surface area contributed by atoms with Gasteiger partial charge in [0.2, 0.25) is 0 Å². The van der Waals surface area contributed by atoms with Crippen molar-refractivity contribution in [3.63, 3.8) is 0 Å². The van der Waals surface area contributed by atoms with Crippen molar-refractivity contribution in [1.29, 1.82) is 0 Å². The predicted octanol–water partition coefficient (Wildman–Crippen LogP) is 7.86. The molecule has 0 amide bonds. The summed E-state index contributed by atoms with van der Waals surface area (Å²) in [6.07, 6.45) is 1.58. The van der Waals surface area contributed by atoms with Crippen LogP contribution in [0.1, 0.15) is 51.7 Å². The van der Waals surface area contributed by atoms with E-state index in [1.54, 1.807) is 0 Å². The van der Waals surface area contributed by atoms with E-state index in [1.165, 1.54) is 0 Å². The minimum atomic E-state index is -0.288. The van der Waals surface area contributed by atoms with Crippen molar-refractivity contribution in [3.05, 3.63) is 53.3 Å². The zero-order valence-corrected chi connectivity index (χ0v) is 25.8. The zero-order chi connectivity index (χ0) is 24.8. The van der Waals surface area contributed by atoms with Crippen LogP contribution in [0.25, 0.3) is 0 Å². The monoisotopic (exact) mass is 712 g/mol. The second-order valence-corrected chi connectivity index (χ2v) is 12.4. The lowest BCUT2D eigenvalue weighted by Gasteiger charge is -2.28. The molecule has 0 fully saturated rings. The Labute approximate surface area is 231 Å². The molecular formula is C25H32Br4O4. The van der Waals surface area contributed by atoms with Crippen LogP contribution in [0.5, 0.6) is 11.5 Å². The van der Waals surface area contributed by atoms with Crippen LogP contribution < -0.4 is 9.47 Å². The highest BCUT2D eigenvalue weighted by Crippen LogP contribution is 2.44. The average molecular weight is 716 g/mol. The number of hydrogen-bond donors (Lipinski definition) is 2. The average Bonchev–Trinajstić information content (AvgIpc) is 2.76. The van der Waals surface area contributed by atoms with Crippen molar-refractivity contribution in [3.8, 4) is 11.5 Å². The van der Waals surface area contributed by atoms with Crippen LogP contribution in [0.15, 0.2) is 42.2 Å². The van der Waals surface area contributed by atoms with Gasteiger partial charge in [0.1, 0.15) is 11.5 Å². The number of rotatable bonds is 12. The maximum Gasteiger partial charge on any atom is 0.147 e. The molecule has 0 aliphatic heterocycles. The van der Waals surface area contributed by atoms with E-state index >= 15 is 0 Å². The lowest BCUT2D eigenvalue weighted by atomic mass is 9.78. The number of aliphatic hydroxyl groups is 2. The lowest BCUT2D eigenvalue weighted by molar-refractivity contribution is 0.201. The predicted molar refractivity (Wildman–Crippen MR) is 149 cm³/mol. The van der Waals surface area contributed by atoms with Crippen LogP contribution in [-0.4, -0.2) is 36.6 Å². The normalized spacial score (nSPS) is 13.6. The summed E-state index contributed by atoms with van der Waals surface area (Å²) >= 11 is 14.7. The summed E-state index contributed by atoms with van der Waals surface area (Å²) in [4.78, 5) is 0. The van der Waals surface area contributed by atoms with E-state index in [-0.39, 0.29) is 30.5 Å². The number of benzene rings is 2. The van der Waals surface area contributed by atoms with E-state index in [9.17, 15) is 10.2 Å². The first-order valence-corrected chi connectivity index (χ1v) is 14.1. The van der Waals surface area contributed by atoms with Crippen LogP contribution in [0.4, 0.5) is 0 Å². The topological polar surface area (TPSA) is 58.9 Å². The molecular weight excluding hydrogens is 684 g/mol. The maximum atomic E-state index is 9.21. The minimum Gasteiger partial charge on any atom is -0.491 e. The molecule has 8 heteroatoms. The largest absolute Gasteiger partial charge is 0.491 e. The van der Waals surface area contributed by atoms with E-state index < -0.39 is 0 Å². The molecule has 2 unspecified atom stereocenters. The van der Waals surface area contributed by atoms with Crippen LogP contribution in [0.2, 0.25) is 0 Å². The first-order valence-electron chi connectivity index (χ1n) is 11.0. The van der Waals surface area contributed by atoms with Gasteiger partial charge in [-0.1, -0.05) is 27.7 Å². The molecule has 0 saturated heterocycles. The number of aliphatic hydroxyl groups excluding tert-OH is 2. The number of hydrogen-bond acceptors (Lipinski definition) is 4. The fraction of sp³-hybridized carbons (Fsp3) is 0.520. The van der Waals surface area contributed by atoms with Crippen LogP contribution >= 0.6 is 63.7 Å². The molecule has 0 aromatic heterocycles. The highest BCUT2D eigenvalue weighted by molar-refractivity contribution is 9.11. The molecule has 2 N–H and O–H groups in total. The van der Waals surface area contributed by atoms with E-state index in [0.717, 1.165) is 53.4 Å². The Bertz CT molecular complexity index is 813. The molecule has 184 valence electrons. The Morgan fingerprint density at radius 1 is 0.697 bits per heavy atom. The van der Waals surface area contributed by atoms with E-state index in [2.05, 4.69) is 102 Å². The summed E-state index contributed by atoms with van der Waals surface area (Å²) in [6.45, 7) is 9.78. The fourth-order valence-corrected chi connectivity index (χ4v) is 6.02. The van der Waals surface area contributed by atoms with Crippen LogP contribution in [0, 0.1) is 11.8 Å². The van der Waals surface area contributed by atoms with Gasteiger partial charge in [-0.05, 0) is 124 Å². The maximum absolute atomic E-state index is 9.21. The van der Waals surface area contributed by atoms with Gasteiger partial charge in [-0.2, -0.15) is 0 Å². The van der Waals surface area contributed by atoms with Gasteiger partial charge in [-0.3, -0.25) is 0 Å². The highest BCUT2D eigenvalue weighted by Gasteiger charge is 2.27. The Balaban J connectivity index is 2.24. The van der Waals surface area contributed by atoms with Crippen molar-refractivity contribution >= 4 is 63.7 Å². The molecule has 0 aliphatic rings. The molecule has 2 atom stereocenters. The summed E-state index contributed by atoms with van der Waals surface area (Å²) in [6, 6.07) is 8.38. The second-order valence-electron chi connectivity index (χ2n) is 9.01. The number of ether oxygens (including phenoxy) is 2. The van der Waals surface area contributed by atoms with E-state index in [4.69, 9.17) is 9.47 Å². The van der Waals surface area contributed by atoms with Crippen molar-refractivity contribution in [2.24, 2.45) is 11.8 Å². The molecule has 33 heavy (non-hydrogen) atoms. The van der Waals surface area contributed by atoms with Gasteiger partial charge in [0.05, 0.1) is 31.1 Å². The zero-order valence-electron chi connectivity index (χ0n) is 19.4. The molecule has 2 aromatic rings. The standard InChI is InChI=1S/C25H32Br4O4/c1-15(13-30)5-7-32-23-19(26)9-17(10-20(23)27)25(3,4)18-11-21(28)24(22(29)12-18)33-8-6-16(2)14-31/h9-12,15-16,30-31H,5-8,13-14H2,1-4H3. The molecule has 0 aliphatic carbocycles. The van der Waals surface area contributed by atoms with Gasteiger partial charge in [-0.25, -0.2) is 0 Å². The Morgan fingerprint density at radius 2 is 1.00 bits per heavy atom. The van der Waals surface area contributed by atoms with Crippen LogP contribution in [0.3, 0.4) is 0 Å². The third kappa shape index (κ3) is 7.94. The third-order valence-electron chi connectivity index (χ3n) is 5.78. The van der Waals surface area contributed by atoms with Crippen LogP contribution in [-0.2, 0) is 5.41 Å². The summed E-state index contributed by atoms with van der Waals surface area (Å²) < 4.78 is 15.5. The molecule has 0 heterocycles. The first kappa shape index (κ1) is 29.1. The third-order valence-corrected chi connectivity index (χ3v) is 8.13. The van der Waals surface area contributed by atoms with Gasteiger partial charge >= 0.3 is 0 Å². The molecule has 2 rings (SSSR count). The van der Waals surface area contributed by atoms with Gasteiger partial charge in [0, 0.05) is 18.6 Å². The molecule has 2 aromatic carbocycles. The van der Waals surface area contributed by atoms with Gasteiger partial charge < -0.3 is 19.7 Å². The Kier molecular flexibility index (Phi) is 11.7. The number of halogens is 4. The van der Waals surface area contributed by atoms with E-state index in [0.29, 0.717) is 13.2 Å². The second kappa shape index (κ2) is 13.3. The van der Waals surface area contributed by atoms with Crippen molar-refractivity contribution in [2.45, 2.75) is 46.0 Å². The smallest absolute Gasteiger partial charge is 0.147 e. The minimum absolute atomic E-state index is 0.162. The summed E-state index contributed by atoms with van der Waals surface area (Å²) in [5, 5.41) is 18.4. The van der Waals surface area contributed by atoms with Gasteiger partial charge in [0.15, 0.2) is 0 Å². The van der Waals surface area contributed by atoms with E-state index in [1.807, 2.05) is 13.8 Å². The molecule has 4 nitrogen and oxygen atoms in total. The fourth-order valence-electron chi connectivity index (χ4n) is 3.19. The SMILES string of the molecule is CC(CO)CCOc1c(Br)cc(C(C)(C)c2cc(Br)c(OCCC(C)CO)c(Br)c2)cc1Br. The summed E-state index contributed by atoms with van der Waals surface area (Å²) in [5.74, 6) is 1.95. The van der Waals surface area contributed by atoms with Crippen molar-refractivity contribution in [2.75, 3.05) is 26.4 Å². The first-order chi connectivity index (χ1) is 15.5. The Morgan fingerprint density at radius 3 is 1.27 bits per heavy atom. The molecule has 0 spiro atoms. The van der Waals surface area contributed by atoms with Gasteiger partial charge in [0.25, 0.3) is 0 Å². The van der Waals surface area contributed by atoms with Crippen molar-refractivity contribution < 1.29 is 19.7 Å². The highest BCUT2D eigenvalue weighted by atomic mass is 79.9.